The third-order valence-electron chi connectivity index (χ3n) is 7.14. The highest BCUT2D eigenvalue weighted by atomic mass is 19.4. The molecule has 1 fully saturated rings. The van der Waals surface area contributed by atoms with Gasteiger partial charge in [-0.15, -0.1) is 0 Å². The second kappa shape index (κ2) is 13.5. The first-order valence-electron chi connectivity index (χ1n) is 14.1. The SMILES string of the molecule is O=C(/C=C/CNCCOc1ccc(/C(=C(/CC(F)(F)F)c2ccccc2)c2ccc3[nH]ccc3c2)cn1)N1CCCC1. The second-order valence-corrected chi connectivity index (χ2v) is 10.2. The van der Waals surface area contributed by atoms with Gasteiger partial charge in [0, 0.05) is 61.8 Å². The molecule has 6 nitrogen and oxygen atoms in total. The van der Waals surface area contributed by atoms with E-state index < -0.39 is 12.6 Å². The fourth-order valence-electron chi connectivity index (χ4n) is 5.13. The number of alkyl halides is 3. The fraction of sp³-hybridized carbons (Fsp3) is 0.273. The van der Waals surface area contributed by atoms with Gasteiger partial charge in [-0.05, 0) is 64.8 Å². The minimum atomic E-state index is -4.41. The van der Waals surface area contributed by atoms with Crippen molar-refractivity contribution in [3.8, 4) is 5.88 Å². The molecule has 0 unspecified atom stereocenters. The molecule has 0 saturated carbocycles. The summed E-state index contributed by atoms with van der Waals surface area (Å²) in [7, 11) is 0. The Labute approximate surface area is 242 Å². The van der Waals surface area contributed by atoms with E-state index in [1.807, 2.05) is 29.2 Å². The second-order valence-electron chi connectivity index (χ2n) is 10.2. The molecule has 1 saturated heterocycles. The van der Waals surface area contributed by atoms with Crippen LogP contribution in [0.4, 0.5) is 13.2 Å². The van der Waals surface area contributed by atoms with Crippen molar-refractivity contribution in [2.24, 2.45) is 0 Å². The van der Waals surface area contributed by atoms with E-state index in [-0.39, 0.29) is 11.5 Å². The van der Waals surface area contributed by atoms with Crippen molar-refractivity contribution < 1.29 is 22.7 Å². The molecule has 9 heteroatoms. The summed E-state index contributed by atoms with van der Waals surface area (Å²) in [5.74, 6) is 0.416. The van der Waals surface area contributed by atoms with Gasteiger partial charge in [0.05, 0.1) is 6.42 Å². The maximum absolute atomic E-state index is 13.9. The van der Waals surface area contributed by atoms with Crippen LogP contribution >= 0.6 is 0 Å². The number of aromatic amines is 1. The Bertz CT molecular complexity index is 1540. The predicted octanol–water partition coefficient (Wildman–Crippen LogP) is 6.62. The molecule has 4 aromatic rings. The normalized spacial score (nSPS) is 14.5. The van der Waals surface area contributed by atoms with Gasteiger partial charge < -0.3 is 19.9 Å². The monoisotopic (exact) mass is 574 g/mol. The third kappa shape index (κ3) is 7.67. The molecule has 3 heterocycles. The molecule has 0 bridgehead atoms. The largest absolute Gasteiger partial charge is 0.476 e. The van der Waals surface area contributed by atoms with Crippen LogP contribution in [-0.2, 0) is 4.79 Å². The minimum Gasteiger partial charge on any atom is -0.476 e. The molecule has 0 radical (unpaired) electrons. The molecule has 1 amide bonds. The van der Waals surface area contributed by atoms with Crippen LogP contribution in [0.3, 0.4) is 0 Å². The van der Waals surface area contributed by atoms with E-state index in [2.05, 4.69) is 15.3 Å². The van der Waals surface area contributed by atoms with Crippen LogP contribution in [0.1, 0.15) is 36.0 Å². The summed E-state index contributed by atoms with van der Waals surface area (Å²) < 4.78 is 47.5. The van der Waals surface area contributed by atoms with Gasteiger partial charge in [0.15, 0.2) is 0 Å². The molecule has 42 heavy (non-hydrogen) atoms. The fourth-order valence-corrected chi connectivity index (χ4v) is 5.13. The lowest BCUT2D eigenvalue weighted by Gasteiger charge is -2.19. The Kier molecular flexibility index (Phi) is 9.38. The first-order chi connectivity index (χ1) is 20.4. The zero-order valence-electron chi connectivity index (χ0n) is 23.2. The molecule has 0 atom stereocenters. The van der Waals surface area contributed by atoms with Gasteiger partial charge in [-0.25, -0.2) is 4.98 Å². The van der Waals surface area contributed by atoms with Gasteiger partial charge in [0.25, 0.3) is 0 Å². The number of carbonyl (C=O) groups excluding carboxylic acids is 1. The summed E-state index contributed by atoms with van der Waals surface area (Å²) >= 11 is 0. The van der Waals surface area contributed by atoms with E-state index in [4.69, 9.17) is 4.74 Å². The van der Waals surface area contributed by atoms with Crippen molar-refractivity contribution >= 4 is 28.0 Å². The van der Waals surface area contributed by atoms with E-state index >= 15 is 0 Å². The average Bonchev–Trinajstić information content (AvgIpc) is 3.69. The summed E-state index contributed by atoms with van der Waals surface area (Å²) in [6.07, 6.45) is 3.40. The number of allylic oxidation sites excluding steroid dienone is 1. The minimum absolute atomic E-state index is 0.0435. The Morgan fingerprint density at radius 1 is 1.00 bits per heavy atom. The van der Waals surface area contributed by atoms with Crippen LogP contribution in [0.5, 0.6) is 5.88 Å². The van der Waals surface area contributed by atoms with Crippen LogP contribution in [0.15, 0.2) is 91.3 Å². The van der Waals surface area contributed by atoms with Gasteiger partial charge in [-0.2, -0.15) is 13.2 Å². The van der Waals surface area contributed by atoms with Crippen molar-refractivity contribution in [2.75, 3.05) is 32.8 Å². The maximum Gasteiger partial charge on any atom is 0.393 e. The molecular weight excluding hydrogens is 541 g/mol. The highest BCUT2D eigenvalue weighted by Crippen LogP contribution is 2.40. The molecule has 0 aliphatic carbocycles. The van der Waals surface area contributed by atoms with Crippen molar-refractivity contribution in [1.29, 1.82) is 0 Å². The van der Waals surface area contributed by atoms with Gasteiger partial charge in [-0.3, -0.25) is 4.79 Å². The predicted molar refractivity (Wildman–Crippen MR) is 159 cm³/mol. The van der Waals surface area contributed by atoms with E-state index in [9.17, 15) is 18.0 Å². The van der Waals surface area contributed by atoms with E-state index in [0.29, 0.717) is 47.8 Å². The first-order valence-corrected chi connectivity index (χ1v) is 14.1. The lowest BCUT2D eigenvalue weighted by molar-refractivity contribution is -0.125. The number of rotatable bonds is 11. The van der Waals surface area contributed by atoms with Crippen molar-refractivity contribution in [1.82, 2.24) is 20.2 Å². The number of benzene rings is 2. The Morgan fingerprint density at radius 2 is 1.79 bits per heavy atom. The zero-order chi connectivity index (χ0) is 29.4. The topological polar surface area (TPSA) is 70.2 Å². The number of hydrogen-bond donors (Lipinski definition) is 2. The number of likely N-dealkylation sites (tertiary alicyclic amines) is 1. The molecule has 218 valence electrons. The number of halogens is 3. The van der Waals surface area contributed by atoms with Gasteiger partial charge >= 0.3 is 6.18 Å². The first kappa shape index (κ1) is 29.1. The molecule has 2 N–H and O–H groups in total. The summed E-state index contributed by atoms with van der Waals surface area (Å²) in [4.78, 5) is 21.4. The van der Waals surface area contributed by atoms with E-state index in [1.54, 1.807) is 67.0 Å². The number of aromatic nitrogens is 2. The van der Waals surface area contributed by atoms with Crippen LogP contribution in [0, 0.1) is 0 Å². The summed E-state index contributed by atoms with van der Waals surface area (Å²) in [5.41, 5.74) is 3.28. The summed E-state index contributed by atoms with van der Waals surface area (Å²) in [6, 6.07) is 19.6. The Hall–Kier alpha value is -4.37. The Balaban J connectivity index is 1.31. The number of carbonyl (C=O) groups is 1. The number of fused-ring (bicyclic) bond motifs is 1. The lowest BCUT2D eigenvalue weighted by atomic mass is 9.88. The Morgan fingerprint density at radius 3 is 2.52 bits per heavy atom. The summed E-state index contributed by atoms with van der Waals surface area (Å²) in [6.45, 7) is 3.07. The molecular formula is C33H33F3N4O2. The van der Waals surface area contributed by atoms with Gasteiger partial charge in [0.1, 0.15) is 6.61 Å². The number of ether oxygens (including phenoxy) is 1. The average molecular weight is 575 g/mol. The number of nitrogens with zero attached hydrogens (tertiary/aromatic N) is 2. The highest BCUT2D eigenvalue weighted by Gasteiger charge is 2.31. The molecule has 0 spiro atoms. The molecule has 5 rings (SSSR count). The van der Waals surface area contributed by atoms with Crippen LogP contribution in [-0.4, -0.2) is 59.7 Å². The highest BCUT2D eigenvalue weighted by molar-refractivity contribution is 6.00. The van der Waals surface area contributed by atoms with Crippen molar-refractivity contribution in [2.45, 2.75) is 25.4 Å². The van der Waals surface area contributed by atoms with Crippen LogP contribution in [0.25, 0.3) is 22.0 Å². The van der Waals surface area contributed by atoms with Crippen LogP contribution < -0.4 is 10.1 Å². The smallest absolute Gasteiger partial charge is 0.393 e. The number of pyridine rings is 1. The summed E-state index contributed by atoms with van der Waals surface area (Å²) in [5, 5.41) is 4.10. The third-order valence-corrected chi connectivity index (χ3v) is 7.14. The molecule has 2 aromatic carbocycles. The molecule has 1 aliphatic rings. The molecule has 1 aliphatic heterocycles. The number of H-pyrrole nitrogens is 1. The van der Waals surface area contributed by atoms with Crippen molar-refractivity contribution in [3.63, 3.8) is 0 Å². The number of amides is 1. The van der Waals surface area contributed by atoms with E-state index in [1.165, 1.54) is 0 Å². The standard InChI is InChI=1S/C33H33F3N4O2/c34-33(35,36)22-28(24-7-2-1-3-8-24)32(26-10-12-29-25(21-26)14-16-38-29)27-11-13-30(39-23-27)42-20-17-37-15-6-9-31(41)40-18-4-5-19-40/h1-3,6-14,16,21,23,37-38H,4-5,15,17-20,22H2/b9-6+,32-28-. The number of hydrogen-bond acceptors (Lipinski definition) is 4. The zero-order valence-corrected chi connectivity index (χ0v) is 23.2. The van der Waals surface area contributed by atoms with Gasteiger partial charge in [-0.1, -0.05) is 42.5 Å². The van der Waals surface area contributed by atoms with E-state index in [0.717, 1.165) is 36.8 Å². The lowest BCUT2D eigenvalue weighted by Crippen LogP contribution is -2.26. The quantitative estimate of drug-likeness (QED) is 0.120. The number of nitrogens with one attached hydrogen (secondary N) is 2. The van der Waals surface area contributed by atoms with Gasteiger partial charge in [0.2, 0.25) is 11.8 Å². The van der Waals surface area contributed by atoms with Crippen LogP contribution in [0.2, 0.25) is 0 Å². The van der Waals surface area contributed by atoms with Crippen molar-refractivity contribution in [3.05, 3.63) is 108 Å². The molecule has 2 aromatic heterocycles. The maximum atomic E-state index is 13.9.